The average Bonchev–Trinajstić information content (AvgIpc) is 2.50. The van der Waals surface area contributed by atoms with Crippen molar-refractivity contribution in [1.29, 1.82) is 5.53 Å². The second kappa shape index (κ2) is 11.0. The fourth-order valence-electron chi connectivity index (χ4n) is 1.59. The molecule has 2 N–H and O–H groups in total. The lowest BCUT2D eigenvalue weighted by Gasteiger charge is -2.22. The highest BCUT2D eigenvalue weighted by Crippen LogP contribution is 2.16. The minimum absolute atomic E-state index is 0.0606. The van der Waals surface area contributed by atoms with Crippen LogP contribution in [0, 0.1) is 10.9 Å². The smallest absolute Gasteiger partial charge is 0.410 e. The Bertz CT molecular complexity index is 577. The van der Waals surface area contributed by atoms with Gasteiger partial charge in [-0.1, -0.05) is 0 Å². The summed E-state index contributed by atoms with van der Waals surface area (Å²) in [6.07, 6.45) is -1.55. The average molecular weight is 372 g/mol. The van der Waals surface area contributed by atoms with Crippen molar-refractivity contribution in [2.24, 2.45) is 5.41 Å². The third-order valence-electron chi connectivity index (χ3n) is 2.91. The van der Waals surface area contributed by atoms with Gasteiger partial charge in [-0.2, -0.15) is 0 Å². The Labute approximate surface area is 151 Å². The van der Waals surface area contributed by atoms with Crippen molar-refractivity contribution in [3.8, 4) is 0 Å². The zero-order valence-electron chi connectivity index (χ0n) is 15.7. The van der Waals surface area contributed by atoms with Crippen molar-refractivity contribution in [1.82, 2.24) is 5.32 Å². The van der Waals surface area contributed by atoms with E-state index in [0.717, 1.165) is 6.21 Å². The number of ketones is 1. The lowest BCUT2D eigenvalue weighted by molar-refractivity contribution is -0.174. The van der Waals surface area contributed by atoms with Crippen LogP contribution in [0.15, 0.2) is 0 Å². The number of hydrogen-bond donors (Lipinski definition) is 2. The minimum Gasteiger partial charge on any atom is -0.464 e. The fraction of sp³-hybridized carbons (Fsp3) is 0.688. The number of esters is 2. The number of carbonyl (C=O) groups is 4. The van der Waals surface area contributed by atoms with E-state index in [1.54, 1.807) is 27.7 Å². The molecule has 10 nitrogen and oxygen atoms in total. The predicted molar refractivity (Wildman–Crippen MR) is 88.3 cm³/mol. The van der Waals surface area contributed by atoms with Gasteiger partial charge in [-0.15, -0.1) is 0 Å². The van der Waals surface area contributed by atoms with Crippen LogP contribution < -0.4 is 5.32 Å². The number of amides is 1. The predicted octanol–water partition coefficient (Wildman–Crippen LogP) is 1.24. The number of ether oxygens (including phenoxy) is 3. The Morgan fingerprint density at radius 2 is 1.81 bits per heavy atom. The molecule has 0 saturated carbocycles. The first-order valence-corrected chi connectivity index (χ1v) is 8.08. The SMILES string of the molecule is CCOC(=O)C(CCC(=O)C=[N+]=N)NC(=O)OC(C)OC(=O)C(C)(C)C. The molecule has 26 heavy (non-hydrogen) atoms. The van der Waals surface area contributed by atoms with E-state index >= 15 is 0 Å². The number of carbonyl (C=O) groups excluding carboxylic acids is 4. The highest BCUT2D eigenvalue weighted by atomic mass is 16.7. The molecule has 0 aromatic heterocycles. The van der Waals surface area contributed by atoms with E-state index in [9.17, 15) is 19.2 Å². The summed E-state index contributed by atoms with van der Waals surface area (Å²) in [4.78, 5) is 49.7. The first kappa shape index (κ1) is 23.3. The van der Waals surface area contributed by atoms with Gasteiger partial charge in [0.25, 0.3) is 0 Å². The molecular formula is C16H26N3O7+. The van der Waals surface area contributed by atoms with Crippen LogP contribution in [0.5, 0.6) is 0 Å². The summed E-state index contributed by atoms with van der Waals surface area (Å²) in [6.45, 7) is 7.99. The molecule has 0 aromatic carbocycles. The topological polar surface area (TPSA) is 146 Å². The first-order chi connectivity index (χ1) is 12.0. The molecule has 0 fully saturated rings. The number of hydrogen-bond acceptors (Lipinski definition) is 8. The summed E-state index contributed by atoms with van der Waals surface area (Å²) in [5, 5.41) is 2.27. The van der Waals surface area contributed by atoms with Crippen LogP contribution in [-0.2, 0) is 28.6 Å². The van der Waals surface area contributed by atoms with Gasteiger partial charge >= 0.3 is 24.2 Å². The second-order valence-electron chi connectivity index (χ2n) is 6.34. The first-order valence-electron chi connectivity index (χ1n) is 8.08. The normalized spacial score (nSPS) is 12.8. The lowest BCUT2D eigenvalue weighted by Crippen LogP contribution is -2.44. The monoisotopic (exact) mass is 372 g/mol. The quantitative estimate of drug-likeness (QED) is 0.203. The van der Waals surface area contributed by atoms with Gasteiger partial charge in [-0.3, -0.25) is 9.59 Å². The van der Waals surface area contributed by atoms with Crippen molar-refractivity contribution in [3.05, 3.63) is 0 Å². The molecule has 0 aliphatic heterocycles. The van der Waals surface area contributed by atoms with E-state index in [4.69, 9.17) is 19.7 Å². The van der Waals surface area contributed by atoms with Crippen molar-refractivity contribution >= 4 is 30.0 Å². The molecule has 10 heteroatoms. The van der Waals surface area contributed by atoms with E-state index in [1.807, 2.05) is 0 Å². The van der Waals surface area contributed by atoms with Crippen LogP contribution >= 0.6 is 0 Å². The zero-order valence-corrected chi connectivity index (χ0v) is 15.7. The molecule has 0 aliphatic carbocycles. The molecule has 2 unspecified atom stereocenters. The maximum Gasteiger partial charge on any atom is 0.410 e. The number of nitrogens with zero attached hydrogens (tertiary/aromatic N) is 1. The number of nitrogens with one attached hydrogen (secondary N) is 2. The third-order valence-corrected chi connectivity index (χ3v) is 2.91. The Morgan fingerprint density at radius 1 is 1.19 bits per heavy atom. The summed E-state index contributed by atoms with van der Waals surface area (Å²) in [5.74, 6) is -1.77. The van der Waals surface area contributed by atoms with Crippen molar-refractivity contribution in [3.63, 3.8) is 0 Å². The van der Waals surface area contributed by atoms with Gasteiger partial charge in [-0.25, -0.2) is 9.59 Å². The molecule has 0 saturated heterocycles. The van der Waals surface area contributed by atoms with Crippen LogP contribution in [0.4, 0.5) is 4.79 Å². The van der Waals surface area contributed by atoms with Crippen molar-refractivity contribution in [2.45, 2.75) is 59.8 Å². The maximum atomic E-state index is 11.9. The van der Waals surface area contributed by atoms with Gasteiger partial charge < -0.3 is 19.5 Å². The summed E-state index contributed by atoms with van der Waals surface area (Å²) >= 11 is 0. The van der Waals surface area contributed by atoms with Crippen molar-refractivity contribution in [2.75, 3.05) is 6.61 Å². The number of Topliss-reactive ketones (excluding diaryl/α,β-unsaturated/α-hetero) is 1. The van der Waals surface area contributed by atoms with Gasteiger partial charge in [-0.05, 0) is 34.1 Å². The summed E-state index contributed by atoms with van der Waals surface area (Å²) in [5.41, 5.74) is 5.82. The van der Waals surface area contributed by atoms with Gasteiger partial charge in [0, 0.05) is 13.3 Å². The van der Waals surface area contributed by atoms with Gasteiger partial charge in [0.1, 0.15) is 6.04 Å². The summed E-state index contributed by atoms with van der Waals surface area (Å²) < 4.78 is 14.7. The maximum absolute atomic E-state index is 11.9. The molecule has 1 amide bonds. The summed E-state index contributed by atoms with van der Waals surface area (Å²) in [6, 6.07) is -1.13. The largest absolute Gasteiger partial charge is 0.464 e. The Kier molecular flexibility index (Phi) is 9.83. The van der Waals surface area contributed by atoms with Crippen LogP contribution in [0.25, 0.3) is 0 Å². The van der Waals surface area contributed by atoms with Crippen LogP contribution in [0.3, 0.4) is 0 Å². The second-order valence-corrected chi connectivity index (χ2v) is 6.34. The lowest BCUT2D eigenvalue weighted by atomic mass is 9.97. The molecule has 0 rings (SSSR count). The van der Waals surface area contributed by atoms with E-state index in [0.29, 0.717) is 0 Å². The Hall–Kier alpha value is -2.74. The molecule has 0 aromatic rings. The van der Waals surface area contributed by atoms with Crippen LogP contribution in [0.1, 0.15) is 47.5 Å². The molecule has 0 bridgehead atoms. The molecule has 0 aliphatic rings. The van der Waals surface area contributed by atoms with Crippen molar-refractivity contribution < 1.29 is 38.2 Å². The third kappa shape index (κ3) is 9.53. The molecule has 146 valence electrons. The van der Waals surface area contributed by atoms with Crippen LogP contribution in [-0.4, -0.2) is 53.8 Å². The fourth-order valence-corrected chi connectivity index (χ4v) is 1.59. The molecule has 0 heterocycles. The van der Waals surface area contributed by atoms with E-state index in [2.05, 4.69) is 10.1 Å². The number of rotatable bonds is 9. The zero-order chi connectivity index (χ0) is 20.3. The molecular weight excluding hydrogens is 346 g/mol. The van der Waals surface area contributed by atoms with Gasteiger partial charge in [0.15, 0.2) is 0 Å². The molecule has 0 radical (unpaired) electrons. The molecule has 2 atom stereocenters. The van der Waals surface area contributed by atoms with E-state index in [1.165, 1.54) is 6.92 Å². The van der Waals surface area contributed by atoms with E-state index in [-0.39, 0.29) is 19.4 Å². The Morgan fingerprint density at radius 3 is 2.31 bits per heavy atom. The number of alkyl carbamates (subject to hydrolysis) is 1. The highest BCUT2D eigenvalue weighted by molar-refractivity contribution is 6.25. The van der Waals surface area contributed by atoms with Gasteiger partial charge in [0.05, 0.1) is 22.3 Å². The Balaban J connectivity index is 4.74. The van der Waals surface area contributed by atoms with Crippen LogP contribution in [0.2, 0.25) is 0 Å². The summed E-state index contributed by atoms with van der Waals surface area (Å²) in [7, 11) is 0. The standard InChI is InChI=1S/C16H25N3O7/c1-6-24-13(21)12(8-7-11(20)9-18-17)19-15(23)26-10(2)25-14(22)16(3,4)5/h9-10,12,17H,6-8H2,1-5H3/p+1. The van der Waals surface area contributed by atoms with E-state index < -0.39 is 41.6 Å². The minimum atomic E-state index is -1.17. The molecule has 0 spiro atoms. The highest BCUT2D eigenvalue weighted by Gasteiger charge is 2.28. The van der Waals surface area contributed by atoms with Gasteiger partial charge in [0.2, 0.25) is 12.1 Å².